The van der Waals surface area contributed by atoms with Crippen LogP contribution in [0, 0.1) is 0 Å². The molecule has 0 atom stereocenters. The van der Waals surface area contributed by atoms with Crippen LogP contribution < -0.4 is 0 Å². The van der Waals surface area contributed by atoms with Crippen molar-refractivity contribution in [2.75, 3.05) is 0 Å². The first-order chi connectivity index (χ1) is 20.8. The Balaban J connectivity index is 3.81. The number of rotatable bonds is 34. The van der Waals surface area contributed by atoms with E-state index in [9.17, 15) is 0 Å². The van der Waals surface area contributed by atoms with Crippen LogP contribution in [0.3, 0.4) is 0 Å². The quantitative estimate of drug-likeness (QED) is 0.0357. The first-order valence-corrected chi connectivity index (χ1v) is 37.6. The average molecular weight is 817 g/mol. The number of hydrogen-bond donors (Lipinski definition) is 0. The molecule has 0 N–H and O–H groups in total. The van der Waals surface area contributed by atoms with Crippen LogP contribution in [0.15, 0.2) is 24.3 Å². The van der Waals surface area contributed by atoms with E-state index in [4.69, 9.17) is 1.41 Å². The SMILES string of the molecule is CCCCCCCC/C=C\CCCCCCC[CH2][Sn]([CH3])([CH2]CCCCCCC/C=C\CCCCCCCC)[O][Sn]([CH3])([CH3])[CH3]. The van der Waals surface area contributed by atoms with Crippen LogP contribution in [-0.2, 0) is 1.41 Å². The molecule has 0 heterocycles. The molecule has 0 aliphatic heterocycles. The molecule has 256 valence electrons. The van der Waals surface area contributed by atoms with E-state index >= 15 is 0 Å². The van der Waals surface area contributed by atoms with Crippen molar-refractivity contribution in [1.29, 1.82) is 0 Å². The van der Waals surface area contributed by atoms with Gasteiger partial charge in [0.15, 0.2) is 0 Å². The van der Waals surface area contributed by atoms with Crippen molar-refractivity contribution in [2.45, 2.75) is 222 Å². The zero-order valence-corrected chi connectivity index (χ0v) is 36.6. The molecule has 0 spiro atoms. The Bertz CT molecular complexity index is 564. The maximum atomic E-state index is 7.08. The van der Waals surface area contributed by atoms with Crippen LogP contribution in [0.1, 0.15) is 194 Å². The van der Waals surface area contributed by atoms with E-state index in [1.165, 1.54) is 189 Å². The molecular weight excluding hydrogens is 734 g/mol. The molecule has 0 aromatic rings. The Hall–Kier alpha value is 1.04. The van der Waals surface area contributed by atoms with Gasteiger partial charge in [-0.2, -0.15) is 0 Å². The molecule has 0 aromatic carbocycles. The van der Waals surface area contributed by atoms with Gasteiger partial charge in [0, 0.05) is 0 Å². The fourth-order valence-corrected chi connectivity index (χ4v) is 49.9. The van der Waals surface area contributed by atoms with Crippen molar-refractivity contribution >= 4 is 37.6 Å². The third-order valence-corrected chi connectivity index (χ3v) is 41.4. The molecule has 0 radical (unpaired) electrons. The fourth-order valence-electron chi connectivity index (χ4n) is 6.46. The summed E-state index contributed by atoms with van der Waals surface area (Å²) in [5.74, 6) is 0. The van der Waals surface area contributed by atoms with Crippen molar-refractivity contribution in [1.82, 2.24) is 0 Å². The van der Waals surface area contributed by atoms with Crippen LogP contribution in [0.4, 0.5) is 0 Å². The second kappa shape index (κ2) is 33.0. The molecule has 0 aliphatic rings. The van der Waals surface area contributed by atoms with Gasteiger partial charge in [-0.25, -0.2) is 0 Å². The third kappa shape index (κ3) is 35.7. The van der Waals surface area contributed by atoms with Gasteiger partial charge in [-0.1, -0.05) is 78.1 Å². The van der Waals surface area contributed by atoms with Gasteiger partial charge in [0.05, 0.1) is 0 Å². The molecule has 1 nitrogen and oxygen atoms in total. The Labute approximate surface area is 283 Å². The molecule has 0 aliphatic carbocycles. The summed E-state index contributed by atoms with van der Waals surface area (Å²) < 4.78 is 10.0. The summed E-state index contributed by atoms with van der Waals surface area (Å²) >= 11 is -4.56. The van der Waals surface area contributed by atoms with E-state index in [1.807, 2.05) is 0 Å². The fraction of sp³-hybridized carbons (Fsp3) is 0.900. The summed E-state index contributed by atoms with van der Waals surface area (Å²) in [6, 6.07) is 0. The van der Waals surface area contributed by atoms with E-state index < -0.39 is 37.6 Å². The van der Waals surface area contributed by atoms with Gasteiger partial charge in [0.2, 0.25) is 0 Å². The first-order valence-electron chi connectivity index (χ1n) is 19.8. The van der Waals surface area contributed by atoms with E-state index in [0.29, 0.717) is 0 Å². The zero-order chi connectivity index (χ0) is 31.7. The van der Waals surface area contributed by atoms with Crippen LogP contribution in [0.2, 0.25) is 28.6 Å². The third-order valence-electron chi connectivity index (χ3n) is 8.99. The summed E-state index contributed by atoms with van der Waals surface area (Å²) in [5, 5.41) is 0. The summed E-state index contributed by atoms with van der Waals surface area (Å²) in [6.07, 6.45) is 49.1. The van der Waals surface area contributed by atoms with Crippen molar-refractivity contribution in [3.05, 3.63) is 24.3 Å². The van der Waals surface area contributed by atoms with Crippen LogP contribution in [-0.4, -0.2) is 37.6 Å². The second-order valence-corrected chi connectivity index (χ2v) is 42.7. The van der Waals surface area contributed by atoms with Gasteiger partial charge >= 0.3 is 208 Å². The molecule has 0 amide bonds. The van der Waals surface area contributed by atoms with Crippen LogP contribution in [0.5, 0.6) is 0 Å². The molecule has 0 unspecified atom stereocenters. The van der Waals surface area contributed by atoms with Crippen LogP contribution in [0.25, 0.3) is 0 Å². The van der Waals surface area contributed by atoms with E-state index in [1.54, 1.807) is 0 Å². The molecular formula is C40H82OSn2. The van der Waals surface area contributed by atoms with E-state index in [2.05, 4.69) is 57.9 Å². The van der Waals surface area contributed by atoms with Gasteiger partial charge in [-0.05, 0) is 0 Å². The number of hydrogen-bond acceptors (Lipinski definition) is 1. The molecule has 43 heavy (non-hydrogen) atoms. The van der Waals surface area contributed by atoms with Gasteiger partial charge in [0.25, 0.3) is 0 Å². The van der Waals surface area contributed by atoms with E-state index in [-0.39, 0.29) is 0 Å². The van der Waals surface area contributed by atoms with Crippen molar-refractivity contribution in [2.24, 2.45) is 0 Å². The molecule has 0 aromatic heterocycles. The predicted molar refractivity (Wildman–Crippen MR) is 205 cm³/mol. The molecule has 3 heteroatoms. The standard InChI is InChI=1S/2C18H35.4CH3.O.2Sn/c2*1-3-5-7-9-11-13-15-17-18-16-14-12-10-8-6-4-2;;;;;;;/h2*17-18H,1,3-16H2,2H3;4*1H3;;;/b2*18-17-;;;;;;;. The molecule has 0 fully saturated rings. The van der Waals surface area contributed by atoms with E-state index in [0.717, 1.165) is 0 Å². The minimum absolute atomic E-state index is 1.30. The maximum absolute atomic E-state index is 7.08. The zero-order valence-electron chi connectivity index (χ0n) is 30.9. The Morgan fingerprint density at radius 1 is 0.349 bits per heavy atom. The number of allylic oxidation sites excluding steroid dienone is 4. The molecule has 0 saturated carbocycles. The summed E-state index contributed by atoms with van der Waals surface area (Å²) in [6.45, 7) is 4.60. The van der Waals surface area contributed by atoms with Crippen molar-refractivity contribution < 1.29 is 1.41 Å². The monoisotopic (exact) mass is 818 g/mol. The number of unbranched alkanes of at least 4 members (excludes halogenated alkanes) is 24. The first kappa shape index (κ1) is 44.0. The topological polar surface area (TPSA) is 9.23 Å². The molecule has 0 bridgehead atoms. The Kier molecular flexibility index (Phi) is 33.8. The normalized spacial score (nSPS) is 12.8. The minimum atomic E-state index is -2.37. The van der Waals surface area contributed by atoms with Crippen LogP contribution >= 0.6 is 0 Å². The molecule has 0 saturated heterocycles. The second-order valence-electron chi connectivity index (χ2n) is 15.0. The molecule has 0 rings (SSSR count). The van der Waals surface area contributed by atoms with Gasteiger partial charge in [-0.15, -0.1) is 0 Å². The Morgan fingerprint density at radius 3 is 0.884 bits per heavy atom. The Morgan fingerprint density at radius 2 is 0.605 bits per heavy atom. The van der Waals surface area contributed by atoms with Crippen molar-refractivity contribution in [3.63, 3.8) is 0 Å². The summed E-state index contributed by atoms with van der Waals surface area (Å²) in [7, 11) is 0. The van der Waals surface area contributed by atoms with Gasteiger partial charge < -0.3 is 0 Å². The summed E-state index contributed by atoms with van der Waals surface area (Å²) in [4.78, 5) is 10.1. The van der Waals surface area contributed by atoms with Gasteiger partial charge in [-0.3, -0.25) is 0 Å². The summed E-state index contributed by atoms with van der Waals surface area (Å²) in [5.41, 5.74) is 0. The van der Waals surface area contributed by atoms with Gasteiger partial charge in [0.1, 0.15) is 0 Å². The van der Waals surface area contributed by atoms with Crippen molar-refractivity contribution in [3.8, 4) is 0 Å². The predicted octanol–water partition coefficient (Wildman–Crippen LogP) is 15.5. The average Bonchev–Trinajstić information content (AvgIpc) is 2.96.